The number of nitrogens with zero attached hydrogens (tertiary/aromatic N) is 3. The molecular formula is C22H16ClF3N6O. The van der Waals surface area contributed by atoms with Gasteiger partial charge in [-0.1, -0.05) is 17.7 Å². The van der Waals surface area contributed by atoms with Crippen molar-refractivity contribution < 1.29 is 17.9 Å². The summed E-state index contributed by atoms with van der Waals surface area (Å²) in [5.41, 5.74) is 13.0. The van der Waals surface area contributed by atoms with Crippen LogP contribution in [0.3, 0.4) is 0 Å². The molecule has 0 unspecified atom stereocenters. The van der Waals surface area contributed by atoms with Crippen LogP contribution in [0.25, 0.3) is 11.3 Å². The number of benzene rings is 2. The van der Waals surface area contributed by atoms with Gasteiger partial charge < -0.3 is 21.5 Å². The fourth-order valence-electron chi connectivity index (χ4n) is 2.90. The van der Waals surface area contributed by atoms with Gasteiger partial charge in [0.1, 0.15) is 23.0 Å². The van der Waals surface area contributed by atoms with E-state index in [1.807, 2.05) is 0 Å². The summed E-state index contributed by atoms with van der Waals surface area (Å²) in [4.78, 5) is 11.7. The molecule has 0 saturated heterocycles. The van der Waals surface area contributed by atoms with Crippen molar-refractivity contribution in [2.45, 2.75) is 6.18 Å². The van der Waals surface area contributed by atoms with Crippen molar-refractivity contribution in [3.8, 4) is 22.8 Å². The summed E-state index contributed by atoms with van der Waals surface area (Å²) in [5.74, 6) is 0.859. The van der Waals surface area contributed by atoms with Gasteiger partial charge in [-0.2, -0.15) is 18.2 Å². The van der Waals surface area contributed by atoms with Crippen LogP contribution in [0.15, 0.2) is 66.9 Å². The molecule has 0 spiro atoms. The molecule has 7 nitrogen and oxygen atoms in total. The number of rotatable bonds is 5. The van der Waals surface area contributed by atoms with E-state index in [-0.39, 0.29) is 11.7 Å². The summed E-state index contributed by atoms with van der Waals surface area (Å²) >= 11 is 5.97. The lowest BCUT2D eigenvalue weighted by molar-refractivity contribution is -0.141. The number of halogens is 4. The Bertz CT molecular complexity index is 1300. The second kappa shape index (κ2) is 8.83. The molecule has 0 bridgehead atoms. The quantitative estimate of drug-likeness (QED) is 0.309. The maximum atomic E-state index is 12.8. The van der Waals surface area contributed by atoms with Crippen molar-refractivity contribution in [3.05, 3.63) is 77.6 Å². The lowest BCUT2D eigenvalue weighted by Gasteiger charge is -2.11. The van der Waals surface area contributed by atoms with E-state index < -0.39 is 11.9 Å². The maximum absolute atomic E-state index is 12.8. The predicted octanol–water partition coefficient (Wildman–Crippen LogP) is 5.91. The molecular weight excluding hydrogens is 457 g/mol. The van der Waals surface area contributed by atoms with Gasteiger partial charge in [0.25, 0.3) is 0 Å². The van der Waals surface area contributed by atoms with Gasteiger partial charge in [-0.05, 0) is 42.5 Å². The van der Waals surface area contributed by atoms with E-state index in [0.29, 0.717) is 39.2 Å². The molecule has 0 atom stereocenters. The molecule has 5 N–H and O–H groups in total. The molecule has 4 rings (SSSR count). The third-order valence-electron chi connectivity index (χ3n) is 4.42. The van der Waals surface area contributed by atoms with Crippen LogP contribution in [0.4, 0.5) is 36.3 Å². The minimum Gasteiger partial charge on any atom is -0.457 e. The molecule has 0 saturated carbocycles. The zero-order valence-electron chi connectivity index (χ0n) is 16.8. The number of ether oxygens (including phenoxy) is 1. The summed E-state index contributed by atoms with van der Waals surface area (Å²) in [6.45, 7) is 0. The minimum atomic E-state index is -4.55. The molecule has 2 aromatic carbocycles. The van der Waals surface area contributed by atoms with Crippen LogP contribution in [-0.2, 0) is 6.18 Å². The van der Waals surface area contributed by atoms with Crippen LogP contribution in [-0.4, -0.2) is 15.0 Å². The zero-order chi connectivity index (χ0) is 23.6. The Morgan fingerprint density at radius 3 is 2.33 bits per heavy atom. The van der Waals surface area contributed by atoms with E-state index >= 15 is 0 Å². The second-order valence-electron chi connectivity index (χ2n) is 6.86. The first-order chi connectivity index (χ1) is 15.7. The average Bonchev–Trinajstić information content (AvgIpc) is 2.76. The van der Waals surface area contributed by atoms with Crippen molar-refractivity contribution in [1.29, 1.82) is 0 Å². The number of pyridine rings is 1. The number of hydrogen-bond acceptors (Lipinski definition) is 7. The number of nitrogen functional groups attached to an aromatic ring is 2. The van der Waals surface area contributed by atoms with Crippen LogP contribution < -0.4 is 21.5 Å². The highest BCUT2D eigenvalue weighted by Crippen LogP contribution is 2.32. The Morgan fingerprint density at radius 1 is 0.879 bits per heavy atom. The molecule has 0 aliphatic carbocycles. The highest BCUT2D eigenvalue weighted by molar-refractivity contribution is 6.33. The average molecular weight is 473 g/mol. The fourth-order valence-corrected chi connectivity index (χ4v) is 3.02. The van der Waals surface area contributed by atoms with E-state index in [9.17, 15) is 13.2 Å². The second-order valence-corrected chi connectivity index (χ2v) is 7.27. The first-order valence-electron chi connectivity index (χ1n) is 9.45. The Hall–Kier alpha value is -4.05. The summed E-state index contributed by atoms with van der Waals surface area (Å²) < 4.78 is 43.9. The van der Waals surface area contributed by atoms with Crippen LogP contribution in [0.5, 0.6) is 11.5 Å². The first kappa shape index (κ1) is 22.2. The van der Waals surface area contributed by atoms with Crippen LogP contribution >= 0.6 is 11.6 Å². The molecule has 4 aromatic rings. The van der Waals surface area contributed by atoms with Gasteiger partial charge in [-0.15, -0.1) is 0 Å². The van der Waals surface area contributed by atoms with Crippen molar-refractivity contribution >= 4 is 34.7 Å². The Morgan fingerprint density at radius 2 is 1.64 bits per heavy atom. The van der Waals surface area contributed by atoms with Crippen molar-refractivity contribution in [3.63, 3.8) is 0 Å². The van der Waals surface area contributed by atoms with E-state index in [4.69, 9.17) is 27.8 Å². The lowest BCUT2D eigenvalue weighted by atomic mass is 10.1. The number of nitrogens with two attached hydrogens (primary N) is 2. The highest BCUT2D eigenvalue weighted by atomic mass is 35.5. The molecule has 2 aromatic heterocycles. The van der Waals surface area contributed by atoms with Crippen LogP contribution in [0.2, 0.25) is 5.02 Å². The van der Waals surface area contributed by atoms with Gasteiger partial charge in [-0.25, -0.2) is 4.98 Å². The summed E-state index contributed by atoms with van der Waals surface area (Å²) in [6.07, 6.45) is -3.51. The monoisotopic (exact) mass is 472 g/mol. The first-order valence-corrected chi connectivity index (χ1v) is 9.83. The normalized spacial score (nSPS) is 11.3. The van der Waals surface area contributed by atoms with Crippen LogP contribution in [0, 0.1) is 0 Å². The number of aromatic nitrogens is 3. The summed E-state index contributed by atoms with van der Waals surface area (Å²) in [6, 6.07) is 15.5. The minimum absolute atomic E-state index is 0.0217. The molecule has 0 aliphatic rings. The maximum Gasteiger partial charge on any atom is 0.433 e. The summed E-state index contributed by atoms with van der Waals surface area (Å²) in [5, 5.41) is 3.53. The summed E-state index contributed by atoms with van der Waals surface area (Å²) in [7, 11) is 0. The molecule has 0 radical (unpaired) electrons. The largest absolute Gasteiger partial charge is 0.457 e. The number of alkyl halides is 3. The third-order valence-corrected chi connectivity index (χ3v) is 4.76. The molecule has 2 heterocycles. The van der Waals surface area contributed by atoms with Gasteiger partial charge >= 0.3 is 6.18 Å². The van der Waals surface area contributed by atoms with E-state index in [0.717, 1.165) is 12.3 Å². The van der Waals surface area contributed by atoms with Gasteiger partial charge in [0, 0.05) is 29.6 Å². The molecule has 168 valence electrons. The molecule has 0 fully saturated rings. The Labute approximate surface area is 191 Å². The highest BCUT2D eigenvalue weighted by Gasteiger charge is 2.32. The van der Waals surface area contributed by atoms with Crippen molar-refractivity contribution in [2.75, 3.05) is 16.8 Å². The van der Waals surface area contributed by atoms with Crippen molar-refractivity contribution in [2.24, 2.45) is 0 Å². The van der Waals surface area contributed by atoms with Gasteiger partial charge in [-0.3, -0.25) is 4.98 Å². The van der Waals surface area contributed by atoms with E-state index in [1.165, 1.54) is 6.07 Å². The number of anilines is 4. The predicted molar refractivity (Wildman–Crippen MR) is 120 cm³/mol. The Kier molecular flexibility index (Phi) is 5.93. The van der Waals surface area contributed by atoms with E-state index in [1.54, 1.807) is 48.5 Å². The van der Waals surface area contributed by atoms with Gasteiger partial charge in [0.15, 0.2) is 0 Å². The van der Waals surface area contributed by atoms with Gasteiger partial charge in [0.05, 0.1) is 16.4 Å². The molecule has 11 heteroatoms. The topological polar surface area (TPSA) is 112 Å². The molecule has 0 amide bonds. The standard InChI is InChI=1S/C22H16ClF3N6O/c23-16-6-1-12(9-17(16)27)18-11-20(32-21(28)31-18)30-13-2-4-14(5-3-13)33-15-7-8-29-19(10-15)22(24,25)26/h1-11H,27H2,(H3,28,30,31,32). The van der Waals surface area contributed by atoms with Gasteiger partial charge in [0.2, 0.25) is 5.95 Å². The zero-order valence-corrected chi connectivity index (χ0v) is 17.5. The van der Waals surface area contributed by atoms with Crippen LogP contribution in [0.1, 0.15) is 5.69 Å². The fraction of sp³-hybridized carbons (Fsp3) is 0.0455. The lowest BCUT2D eigenvalue weighted by Crippen LogP contribution is -2.07. The number of hydrogen-bond donors (Lipinski definition) is 3. The van der Waals surface area contributed by atoms with Crippen molar-refractivity contribution in [1.82, 2.24) is 15.0 Å². The molecule has 0 aliphatic heterocycles. The SMILES string of the molecule is Nc1nc(Nc2ccc(Oc3ccnc(C(F)(F)F)c3)cc2)cc(-c2ccc(Cl)c(N)c2)n1. The third kappa shape index (κ3) is 5.42. The number of nitrogens with one attached hydrogen (secondary N) is 1. The molecule has 33 heavy (non-hydrogen) atoms. The Balaban J connectivity index is 1.50. The van der Waals surface area contributed by atoms with E-state index in [2.05, 4.69) is 20.3 Å². The smallest absolute Gasteiger partial charge is 0.433 e.